The molecule has 0 saturated carbocycles. The van der Waals surface area contributed by atoms with Crippen LogP contribution in [0.25, 0.3) is 0 Å². The molecular weight excluding hydrogens is 260 g/mol. The molecule has 0 amide bonds. The van der Waals surface area contributed by atoms with Crippen molar-refractivity contribution in [1.82, 2.24) is 0 Å². The van der Waals surface area contributed by atoms with Crippen molar-refractivity contribution in [1.29, 1.82) is 0 Å². The Morgan fingerprint density at radius 3 is 2.05 bits per heavy atom. The van der Waals surface area contributed by atoms with Crippen molar-refractivity contribution in [2.45, 2.75) is 26.2 Å². The SMILES string of the molecule is COc1cc(OCCCCC(C)=O)cc(OC)c1OC. The minimum Gasteiger partial charge on any atom is -0.493 e. The molecule has 0 saturated heterocycles. The number of carbonyl (C=O) groups excluding carboxylic acids is 1. The Morgan fingerprint density at radius 1 is 1.00 bits per heavy atom. The molecule has 0 unspecified atom stereocenters. The predicted molar refractivity (Wildman–Crippen MR) is 76.1 cm³/mol. The van der Waals surface area contributed by atoms with Gasteiger partial charge in [0.05, 0.1) is 27.9 Å². The number of ketones is 1. The van der Waals surface area contributed by atoms with Crippen molar-refractivity contribution >= 4 is 5.78 Å². The van der Waals surface area contributed by atoms with Crippen LogP contribution in [0.4, 0.5) is 0 Å². The van der Waals surface area contributed by atoms with Crippen molar-refractivity contribution < 1.29 is 23.7 Å². The summed E-state index contributed by atoms with van der Waals surface area (Å²) in [7, 11) is 4.69. The van der Waals surface area contributed by atoms with Gasteiger partial charge in [0.15, 0.2) is 11.5 Å². The average molecular weight is 282 g/mol. The van der Waals surface area contributed by atoms with E-state index in [0.29, 0.717) is 36.0 Å². The first-order valence-corrected chi connectivity index (χ1v) is 6.54. The van der Waals surface area contributed by atoms with Crippen molar-refractivity contribution in [2.24, 2.45) is 0 Å². The zero-order chi connectivity index (χ0) is 15.0. The molecule has 0 radical (unpaired) electrons. The first kappa shape index (κ1) is 16.1. The van der Waals surface area contributed by atoms with Crippen molar-refractivity contribution in [2.75, 3.05) is 27.9 Å². The highest BCUT2D eigenvalue weighted by Gasteiger charge is 2.13. The number of Topliss-reactive ketones (excluding diaryl/α,β-unsaturated/α-hetero) is 1. The summed E-state index contributed by atoms with van der Waals surface area (Å²) in [5, 5.41) is 0. The Labute approximate surface area is 119 Å². The third kappa shape index (κ3) is 4.64. The predicted octanol–water partition coefficient (Wildman–Crippen LogP) is 2.85. The quantitative estimate of drug-likeness (QED) is 0.652. The zero-order valence-corrected chi connectivity index (χ0v) is 12.5. The summed E-state index contributed by atoms with van der Waals surface area (Å²) in [4.78, 5) is 10.8. The van der Waals surface area contributed by atoms with Gasteiger partial charge in [0.1, 0.15) is 11.5 Å². The fourth-order valence-electron chi connectivity index (χ4n) is 1.81. The Kier molecular flexibility index (Phi) is 6.70. The van der Waals surface area contributed by atoms with Gasteiger partial charge in [-0.2, -0.15) is 0 Å². The average Bonchev–Trinajstić information content (AvgIpc) is 2.45. The molecule has 0 aromatic heterocycles. The number of carbonyl (C=O) groups is 1. The van der Waals surface area contributed by atoms with Gasteiger partial charge in [0.2, 0.25) is 5.75 Å². The van der Waals surface area contributed by atoms with Crippen LogP contribution in [0.5, 0.6) is 23.0 Å². The summed E-state index contributed by atoms with van der Waals surface area (Å²) in [5.74, 6) is 2.52. The van der Waals surface area contributed by atoms with E-state index in [-0.39, 0.29) is 5.78 Å². The highest BCUT2D eigenvalue weighted by molar-refractivity contribution is 5.75. The number of ether oxygens (including phenoxy) is 4. The maximum Gasteiger partial charge on any atom is 0.203 e. The lowest BCUT2D eigenvalue weighted by Crippen LogP contribution is -2.01. The van der Waals surface area contributed by atoms with E-state index in [2.05, 4.69) is 0 Å². The molecule has 5 nitrogen and oxygen atoms in total. The lowest BCUT2D eigenvalue weighted by molar-refractivity contribution is -0.117. The molecule has 0 aliphatic carbocycles. The van der Waals surface area contributed by atoms with Crippen LogP contribution in [0.15, 0.2) is 12.1 Å². The molecule has 112 valence electrons. The Bertz CT molecular complexity index is 417. The van der Waals surface area contributed by atoms with Crippen LogP contribution in [0, 0.1) is 0 Å². The van der Waals surface area contributed by atoms with Crippen LogP contribution in [0.2, 0.25) is 0 Å². The first-order chi connectivity index (χ1) is 9.62. The van der Waals surface area contributed by atoms with E-state index < -0.39 is 0 Å². The largest absolute Gasteiger partial charge is 0.493 e. The third-order valence-corrected chi connectivity index (χ3v) is 2.83. The number of hydrogen-bond acceptors (Lipinski definition) is 5. The minimum atomic E-state index is 0.206. The Morgan fingerprint density at radius 2 is 1.60 bits per heavy atom. The fourth-order valence-corrected chi connectivity index (χ4v) is 1.81. The van der Waals surface area contributed by atoms with Crippen molar-refractivity contribution in [3.8, 4) is 23.0 Å². The summed E-state index contributed by atoms with van der Waals surface area (Å²) < 4.78 is 21.4. The minimum absolute atomic E-state index is 0.206. The monoisotopic (exact) mass is 282 g/mol. The fraction of sp³-hybridized carbons (Fsp3) is 0.533. The van der Waals surface area contributed by atoms with Crippen LogP contribution in [-0.2, 0) is 4.79 Å². The Hall–Kier alpha value is -1.91. The maximum atomic E-state index is 10.8. The van der Waals surface area contributed by atoms with Crippen LogP contribution in [0.1, 0.15) is 26.2 Å². The van der Waals surface area contributed by atoms with Gasteiger partial charge in [-0.15, -0.1) is 0 Å². The van der Waals surface area contributed by atoms with Gasteiger partial charge < -0.3 is 23.7 Å². The van der Waals surface area contributed by atoms with Gasteiger partial charge in [0, 0.05) is 18.6 Å². The lowest BCUT2D eigenvalue weighted by atomic mass is 10.2. The molecule has 1 rings (SSSR count). The number of methoxy groups -OCH3 is 3. The van der Waals surface area contributed by atoms with Crippen molar-refractivity contribution in [3.05, 3.63) is 12.1 Å². The summed E-state index contributed by atoms with van der Waals surface area (Å²) in [6, 6.07) is 3.51. The molecule has 0 N–H and O–H groups in total. The normalized spacial score (nSPS) is 10.0. The van der Waals surface area contributed by atoms with E-state index in [9.17, 15) is 4.79 Å². The van der Waals surface area contributed by atoms with E-state index >= 15 is 0 Å². The summed E-state index contributed by atoms with van der Waals surface area (Å²) in [5.41, 5.74) is 0. The first-order valence-electron chi connectivity index (χ1n) is 6.54. The topological polar surface area (TPSA) is 54.0 Å². The molecule has 0 heterocycles. The molecule has 0 fully saturated rings. The second-order valence-corrected chi connectivity index (χ2v) is 4.37. The van der Waals surface area contributed by atoms with Crippen LogP contribution in [0.3, 0.4) is 0 Å². The second kappa shape index (κ2) is 8.30. The smallest absolute Gasteiger partial charge is 0.203 e. The molecule has 1 aromatic carbocycles. The molecule has 20 heavy (non-hydrogen) atoms. The van der Waals surface area contributed by atoms with Crippen LogP contribution in [-0.4, -0.2) is 33.7 Å². The molecule has 1 aromatic rings. The van der Waals surface area contributed by atoms with Gasteiger partial charge in [-0.3, -0.25) is 0 Å². The molecule has 0 spiro atoms. The Balaban J connectivity index is 2.64. The lowest BCUT2D eigenvalue weighted by Gasteiger charge is -2.14. The molecule has 0 atom stereocenters. The number of benzene rings is 1. The van der Waals surface area contributed by atoms with Gasteiger partial charge in [-0.1, -0.05) is 0 Å². The molecule has 5 heteroatoms. The second-order valence-electron chi connectivity index (χ2n) is 4.37. The molecule has 0 aliphatic heterocycles. The van der Waals surface area contributed by atoms with Gasteiger partial charge in [-0.25, -0.2) is 0 Å². The van der Waals surface area contributed by atoms with E-state index in [0.717, 1.165) is 12.8 Å². The van der Waals surface area contributed by atoms with E-state index in [4.69, 9.17) is 18.9 Å². The van der Waals surface area contributed by atoms with E-state index in [1.54, 1.807) is 40.4 Å². The van der Waals surface area contributed by atoms with Crippen molar-refractivity contribution in [3.63, 3.8) is 0 Å². The molecule has 0 bridgehead atoms. The van der Waals surface area contributed by atoms with Gasteiger partial charge in [0.25, 0.3) is 0 Å². The maximum absolute atomic E-state index is 10.8. The van der Waals surface area contributed by atoms with E-state index in [1.165, 1.54) is 0 Å². The molecular formula is C15H22O5. The van der Waals surface area contributed by atoms with Crippen LogP contribution >= 0.6 is 0 Å². The van der Waals surface area contributed by atoms with Gasteiger partial charge in [-0.05, 0) is 19.8 Å². The van der Waals surface area contributed by atoms with Gasteiger partial charge >= 0.3 is 0 Å². The highest BCUT2D eigenvalue weighted by atomic mass is 16.5. The summed E-state index contributed by atoms with van der Waals surface area (Å²) in [6.45, 7) is 2.14. The highest BCUT2D eigenvalue weighted by Crippen LogP contribution is 2.40. The summed E-state index contributed by atoms with van der Waals surface area (Å²) in [6.07, 6.45) is 2.26. The number of rotatable bonds is 9. The van der Waals surface area contributed by atoms with Crippen LogP contribution < -0.4 is 18.9 Å². The summed E-state index contributed by atoms with van der Waals surface area (Å²) >= 11 is 0. The number of unbranched alkanes of at least 4 members (excludes halogenated alkanes) is 1. The third-order valence-electron chi connectivity index (χ3n) is 2.83. The number of hydrogen-bond donors (Lipinski definition) is 0. The molecule has 0 aliphatic rings. The zero-order valence-electron chi connectivity index (χ0n) is 12.5. The van der Waals surface area contributed by atoms with E-state index in [1.807, 2.05) is 0 Å². The standard InChI is InChI=1S/C15H22O5/c1-11(16)7-5-6-8-20-12-9-13(17-2)15(19-4)14(10-12)18-3/h9-10H,5-8H2,1-4H3.